The van der Waals surface area contributed by atoms with Gasteiger partial charge < -0.3 is 10.0 Å². The van der Waals surface area contributed by atoms with Gasteiger partial charge in [0.1, 0.15) is 5.82 Å². The van der Waals surface area contributed by atoms with E-state index >= 15 is 0 Å². The molecule has 0 aromatic heterocycles. The molecule has 0 bridgehead atoms. The topological polar surface area (TPSA) is 23.5 Å². The summed E-state index contributed by atoms with van der Waals surface area (Å²) in [6, 6.07) is 4.86. The van der Waals surface area contributed by atoms with Crippen LogP contribution in [0.2, 0.25) is 0 Å². The number of nitrogens with zero attached hydrogens (tertiary/aromatic N) is 1. The molecule has 16 heavy (non-hydrogen) atoms. The van der Waals surface area contributed by atoms with Crippen LogP contribution in [0, 0.1) is 5.82 Å². The third-order valence-corrected chi connectivity index (χ3v) is 2.72. The van der Waals surface area contributed by atoms with Crippen molar-refractivity contribution in [2.75, 3.05) is 18.0 Å². The second-order valence-electron chi connectivity index (χ2n) is 3.84. The number of unbranched alkanes of at least 4 members (excludes halogenated alkanes) is 1. The second kappa shape index (κ2) is 6.48. The number of benzene rings is 1. The molecule has 0 unspecified atom stereocenters. The van der Waals surface area contributed by atoms with Crippen LogP contribution >= 0.6 is 0 Å². The molecule has 0 aliphatic rings. The Morgan fingerprint density at radius 3 is 2.62 bits per heavy atom. The van der Waals surface area contributed by atoms with Gasteiger partial charge in [-0.1, -0.05) is 25.5 Å². The Morgan fingerprint density at radius 1 is 1.31 bits per heavy atom. The first-order chi connectivity index (χ1) is 7.74. The van der Waals surface area contributed by atoms with E-state index in [0.717, 1.165) is 25.9 Å². The van der Waals surface area contributed by atoms with Gasteiger partial charge in [-0.25, -0.2) is 4.39 Å². The van der Waals surface area contributed by atoms with Crippen molar-refractivity contribution in [3.05, 3.63) is 29.6 Å². The summed E-state index contributed by atoms with van der Waals surface area (Å²) in [5, 5.41) is 9.22. The van der Waals surface area contributed by atoms with Gasteiger partial charge in [0.25, 0.3) is 0 Å². The van der Waals surface area contributed by atoms with Crippen molar-refractivity contribution in [1.29, 1.82) is 0 Å². The van der Waals surface area contributed by atoms with Crippen LogP contribution in [-0.2, 0) is 6.61 Å². The highest BCUT2D eigenvalue weighted by Gasteiger charge is 2.13. The van der Waals surface area contributed by atoms with Gasteiger partial charge in [0.15, 0.2) is 0 Å². The van der Waals surface area contributed by atoms with Crippen molar-refractivity contribution in [3.8, 4) is 0 Å². The molecule has 3 heteroatoms. The van der Waals surface area contributed by atoms with Gasteiger partial charge >= 0.3 is 0 Å². The smallest absolute Gasteiger partial charge is 0.146 e. The molecule has 1 rings (SSSR count). The Labute approximate surface area is 96.7 Å². The molecular formula is C13H20FNO. The predicted molar refractivity (Wildman–Crippen MR) is 65.1 cm³/mol. The molecule has 0 saturated heterocycles. The first kappa shape index (κ1) is 13.0. The van der Waals surface area contributed by atoms with E-state index in [1.165, 1.54) is 6.07 Å². The van der Waals surface area contributed by atoms with Crippen molar-refractivity contribution in [1.82, 2.24) is 0 Å². The molecule has 0 heterocycles. The van der Waals surface area contributed by atoms with Gasteiger partial charge in [-0.15, -0.1) is 0 Å². The number of aliphatic hydroxyl groups is 1. The summed E-state index contributed by atoms with van der Waals surface area (Å²) in [6.07, 6.45) is 2.12. The number of rotatable bonds is 6. The summed E-state index contributed by atoms with van der Waals surface area (Å²) >= 11 is 0. The summed E-state index contributed by atoms with van der Waals surface area (Å²) < 4.78 is 13.7. The average molecular weight is 225 g/mol. The molecule has 1 aromatic carbocycles. The molecule has 2 nitrogen and oxygen atoms in total. The van der Waals surface area contributed by atoms with Crippen LogP contribution in [0.1, 0.15) is 32.3 Å². The van der Waals surface area contributed by atoms with E-state index in [0.29, 0.717) is 11.3 Å². The van der Waals surface area contributed by atoms with Gasteiger partial charge in [0.2, 0.25) is 0 Å². The zero-order valence-electron chi connectivity index (χ0n) is 10.0. The lowest BCUT2D eigenvalue weighted by Crippen LogP contribution is -2.26. The SMILES string of the molecule is CCCCN(CC)c1c(F)cccc1CO. The maximum absolute atomic E-state index is 13.7. The lowest BCUT2D eigenvalue weighted by atomic mass is 10.1. The summed E-state index contributed by atoms with van der Waals surface area (Å²) in [7, 11) is 0. The summed E-state index contributed by atoms with van der Waals surface area (Å²) in [6.45, 7) is 5.59. The molecule has 0 amide bonds. The predicted octanol–water partition coefficient (Wildman–Crippen LogP) is 2.94. The van der Waals surface area contributed by atoms with E-state index in [-0.39, 0.29) is 12.4 Å². The first-order valence-electron chi connectivity index (χ1n) is 5.87. The molecule has 0 aliphatic carbocycles. The molecule has 1 N–H and O–H groups in total. The van der Waals surface area contributed by atoms with Crippen LogP contribution in [0.3, 0.4) is 0 Å². The fourth-order valence-electron chi connectivity index (χ4n) is 1.82. The van der Waals surface area contributed by atoms with Crippen LogP contribution in [0.15, 0.2) is 18.2 Å². The third kappa shape index (κ3) is 2.95. The second-order valence-corrected chi connectivity index (χ2v) is 3.84. The van der Waals surface area contributed by atoms with Gasteiger partial charge in [0, 0.05) is 18.7 Å². The minimum absolute atomic E-state index is 0.115. The lowest BCUT2D eigenvalue weighted by Gasteiger charge is -2.25. The lowest BCUT2D eigenvalue weighted by molar-refractivity contribution is 0.281. The highest BCUT2D eigenvalue weighted by atomic mass is 19.1. The van der Waals surface area contributed by atoms with Gasteiger partial charge in [-0.3, -0.25) is 0 Å². The number of anilines is 1. The number of halogens is 1. The normalized spacial score (nSPS) is 10.5. The van der Waals surface area contributed by atoms with Crippen molar-refractivity contribution in [2.45, 2.75) is 33.3 Å². The number of para-hydroxylation sites is 1. The minimum Gasteiger partial charge on any atom is -0.392 e. The number of aliphatic hydroxyl groups excluding tert-OH is 1. The Balaban J connectivity index is 2.97. The van der Waals surface area contributed by atoms with E-state index in [4.69, 9.17) is 0 Å². The Kier molecular flexibility index (Phi) is 5.26. The fourth-order valence-corrected chi connectivity index (χ4v) is 1.82. The summed E-state index contributed by atoms with van der Waals surface area (Å²) in [4.78, 5) is 1.99. The summed E-state index contributed by atoms with van der Waals surface area (Å²) in [5.41, 5.74) is 1.22. The molecule has 90 valence electrons. The van der Waals surface area contributed by atoms with Crippen molar-refractivity contribution in [3.63, 3.8) is 0 Å². The molecule has 0 radical (unpaired) electrons. The molecule has 0 aliphatic heterocycles. The van der Waals surface area contributed by atoms with Crippen LogP contribution in [0.4, 0.5) is 10.1 Å². The molecule has 0 fully saturated rings. The summed E-state index contributed by atoms with van der Waals surface area (Å²) in [5.74, 6) is -0.246. The third-order valence-electron chi connectivity index (χ3n) is 2.72. The van der Waals surface area contributed by atoms with Gasteiger partial charge in [0.05, 0.1) is 12.3 Å². The Morgan fingerprint density at radius 2 is 2.06 bits per heavy atom. The quantitative estimate of drug-likeness (QED) is 0.804. The largest absolute Gasteiger partial charge is 0.392 e. The standard InChI is InChI=1S/C13H20FNO/c1-3-5-9-15(4-2)13-11(10-16)7-6-8-12(13)14/h6-8,16H,3-5,9-10H2,1-2H3. The molecule has 0 saturated carbocycles. The van der Waals surface area contributed by atoms with Crippen LogP contribution in [-0.4, -0.2) is 18.2 Å². The van der Waals surface area contributed by atoms with Crippen molar-refractivity contribution < 1.29 is 9.50 Å². The van der Waals surface area contributed by atoms with Crippen LogP contribution in [0.5, 0.6) is 0 Å². The fraction of sp³-hybridized carbons (Fsp3) is 0.538. The maximum atomic E-state index is 13.7. The Hall–Kier alpha value is -1.09. The van der Waals surface area contributed by atoms with Gasteiger partial charge in [-0.2, -0.15) is 0 Å². The molecular weight excluding hydrogens is 205 g/mol. The number of hydrogen-bond donors (Lipinski definition) is 1. The minimum atomic E-state index is -0.246. The van der Waals surface area contributed by atoms with Gasteiger partial charge in [-0.05, 0) is 19.4 Å². The monoisotopic (exact) mass is 225 g/mol. The Bertz CT molecular complexity index is 328. The molecule has 1 aromatic rings. The van der Waals surface area contributed by atoms with E-state index in [9.17, 15) is 9.50 Å². The zero-order valence-corrected chi connectivity index (χ0v) is 10.0. The first-order valence-corrected chi connectivity index (χ1v) is 5.87. The molecule has 0 spiro atoms. The van der Waals surface area contributed by atoms with Crippen LogP contribution in [0.25, 0.3) is 0 Å². The maximum Gasteiger partial charge on any atom is 0.146 e. The zero-order chi connectivity index (χ0) is 12.0. The van der Waals surface area contributed by atoms with E-state index in [1.54, 1.807) is 12.1 Å². The van der Waals surface area contributed by atoms with E-state index < -0.39 is 0 Å². The highest BCUT2D eigenvalue weighted by molar-refractivity contribution is 5.54. The number of hydrogen-bond acceptors (Lipinski definition) is 2. The average Bonchev–Trinajstić information content (AvgIpc) is 2.31. The van der Waals surface area contributed by atoms with E-state index in [1.807, 2.05) is 11.8 Å². The molecule has 0 atom stereocenters. The highest BCUT2D eigenvalue weighted by Crippen LogP contribution is 2.24. The van der Waals surface area contributed by atoms with E-state index in [2.05, 4.69) is 6.92 Å². The van der Waals surface area contributed by atoms with Crippen molar-refractivity contribution in [2.24, 2.45) is 0 Å². The van der Waals surface area contributed by atoms with Crippen molar-refractivity contribution >= 4 is 5.69 Å². The van der Waals surface area contributed by atoms with Crippen LogP contribution < -0.4 is 4.90 Å².